The molecule has 0 aromatic carbocycles. The van der Waals surface area contributed by atoms with Crippen molar-refractivity contribution >= 4 is 5.97 Å². The average Bonchev–Trinajstić information content (AvgIpc) is 2.90. The molecular formula is C14H23N3O2. The zero-order valence-corrected chi connectivity index (χ0v) is 11.8. The van der Waals surface area contributed by atoms with Gasteiger partial charge in [-0.15, -0.1) is 0 Å². The second-order valence-corrected chi connectivity index (χ2v) is 5.50. The van der Waals surface area contributed by atoms with Crippen LogP contribution in [-0.4, -0.2) is 59.3 Å². The Balaban J connectivity index is 2.26. The zero-order chi connectivity index (χ0) is 14.0. The van der Waals surface area contributed by atoms with E-state index >= 15 is 0 Å². The first-order valence-corrected chi connectivity index (χ1v) is 6.84. The summed E-state index contributed by atoms with van der Waals surface area (Å²) in [6, 6.07) is 0.654. The number of nitrogens with one attached hydrogen (secondary N) is 1. The zero-order valence-electron chi connectivity index (χ0n) is 11.8. The third kappa shape index (κ3) is 2.82. The van der Waals surface area contributed by atoms with E-state index in [1.54, 1.807) is 6.08 Å². The lowest BCUT2D eigenvalue weighted by Crippen LogP contribution is -2.54. The first kappa shape index (κ1) is 14.1. The van der Waals surface area contributed by atoms with E-state index in [9.17, 15) is 9.90 Å². The van der Waals surface area contributed by atoms with Gasteiger partial charge in [0.15, 0.2) is 0 Å². The molecule has 2 aliphatic rings. The quantitative estimate of drug-likeness (QED) is 0.789. The lowest BCUT2D eigenvalue weighted by molar-refractivity contribution is -0.134. The minimum absolute atomic E-state index is 0.188. The Morgan fingerprint density at radius 3 is 2.84 bits per heavy atom. The molecule has 2 aliphatic heterocycles. The van der Waals surface area contributed by atoms with Crippen molar-refractivity contribution in [1.29, 1.82) is 0 Å². The number of rotatable bonds is 4. The fourth-order valence-electron chi connectivity index (χ4n) is 2.83. The van der Waals surface area contributed by atoms with Gasteiger partial charge < -0.3 is 15.3 Å². The SMILES string of the molecule is CC(C)N1C=CC=C(C(=O)O)C1N(C)[C@@H]1CCNC1. The second-order valence-electron chi connectivity index (χ2n) is 5.50. The van der Waals surface area contributed by atoms with Crippen LogP contribution < -0.4 is 5.32 Å². The molecular weight excluding hydrogens is 242 g/mol. The molecule has 5 nitrogen and oxygen atoms in total. The van der Waals surface area contributed by atoms with Crippen LogP contribution in [0.5, 0.6) is 0 Å². The molecule has 1 unspecified atom stereocenters. The molecule has 1 saturated heterocycles. The van der Waals surface area contributed by atoms with Crippen LogP contribution in [0.3, 0.4) is 0 Å². The van der Waals surface area contributed by atoms with Gasteiger partial charge in [0.25, 0.3) is 0 Å². The van der Waals surface area contributed by atoms with Crippen LogP contribution in [0.25, 0.3) is 0 Å². The van der Waals surface area contributed by atoms with Crippen LogP contribution in [0, 0.1) is 0 Å². The second kappa shape index (κ2) is 5.75. The van der Waals surface area contributed by atoms with Crippen LogP contribution in [0.1, 0.15) is 20.3 Å². The molecule has 0 aliphatic carbocycles. The molecule has 0 aromatic rings. The van der Waals surface area contributed by atoms with E-state index in [0.29, 0.717) is 11.6 Å². The highest BCUT2D eigenvalue weighted by Crippen LogP contribution is 2.25. The molecule has 5 heteroatoms. The Morgan fingerprint density at radius 1 is 1.58 bits per heavy atom. The molecule has 0 bridgehead atoms. The number of hydrogen-bond acceptors (Lipinski definition) is 4. The molecule has 0 aromatic heterocycles. The Bertz CT molecular complexity index is 397. The summed E-state index contributed by atoms with van der Waals surface area (Å²) < 4.78 is 0. The molecule has 0 saturated carbocycles. The minimum Gasteiger partial charge on any atom is -0.478 e. The lowest BCUT2D eigenvalue weighted by atomic mass is 10.0. The summed E-state index contributed by atoms with van der Waals surface area (Å²) >= 11 is 0. The monoisotopic (exact) mass is 265 g/mol. The van der Waals surface area contributed by atoms with Crippen LogP contribution in [-0.2, 0) is 4.79 Å². The topological polar surface area (TPSA) is 55.8 Å². The molecule has 0 radical (unpaired) electrons. The van der Waals surface area contributed by atoms with Crippen LogP contribution in [0.15, 0.2) is 23.9 Å². The maximum Gasteiger partial charge on any atom is 0.335 e. The van der Waals surface area contributed by atoms with E-state index in [4.69, 9.17) is 0 Å². The van der Waals surface area contributed by atoms with E-state index in [2.05, 4.69) is 29.0 Å². The summed E-state index contributed by atoms with van der Waals surface area (Å²) in [6.45, 7) is 6.10. The Hall–Kier alpha value is -1.33. The Morgan fingerprint density at radius 2 is 2.32 bits per heavy atom. The van der Waals surface area contributed by atoms with E-state index in [1.165, 1.54) is 0 Å². The predicted octanol–water partition coefficient (Wildman–Crippen LogP) is 0.855. The third-order valence-electron chi connectivity index (χ3n) is 3.93. The van der Waals surface area contributed by atoms with E-state index in [-0.39, 0.29) is 12.2 Å². The van der Waals surface area contributed by atoms with E-state index < -0.39 is 5.97 Å². The van der Waals surface area contributed by atoms with Gasteiger partial charge in [0, 0.05) is 24.8 Å². The summed E-state index contributed by atoms with van der Waals surface area (Å²) in [6.07, 6.45) is 6.40. The largest absolute Gasteiger partial charge is 0.478 e. The lowest BCUT2D eigenvalue weighted by Gasteiger charge is -2.43. The molecule has 2 atom stereocenters. The van der Waals surface area contributed by atoms with Crippen LogP contribution in [0.2, 0.25) is 0 Å². The Kier molecular flexibility index (Phi) is 4.27. The van der Waals surface area contributed by atoms with Gasteiger partial charge in [-0.1, -0.05) is 0 Å². The van der Waals surface area contributed by atoms with Gasteiger partial charge in [0.05, 0.1) is 5.57 Å². The number of hydrogen-bond donors (Lipinski definition) is 2. The van der Waals surface area contributed by atoms with Gasteiger partial charge in [0.1, 0.15) is 6.17 Å². The van der Waals surface area contributed by atoms with Gasteiger partial charge in [-0.3, -0.25) is 4.90 Å². The summed E-state index contributed by atoms with van der Waals surface area (Å²) in [5.74, 6) is -0.835. The normalized spacial score (nSPS) is 27.2. The summed E-state index contributed by atoms with van der Waals surface area (Å²) in [5.41, 5.74) is 0.450. The minimum atomic E-state index is -0.835. The van der Waals surface area contributed by atoms with Crippen molar-refractivity contribution in [2.45, 2.75) is 38.5 Å². The first-order chi connectivity index (χ1) is 9.02. The number of nitrogens with zero attached hydrogens (tertiary/aromatic N) is 2. The number of carboxylic acid groups (broad SMARTS) is 1. The number of likely N-dealkylation sites (N-methyl/N-ethyl adjacent to an activating group) is 1. The molecule has 2 N–H and O–H groups in total. The van der Waals surface area contributed by atoms with Crippen molar-refractivity contribution in [2.24, 2.45) is 0 Å². The van der Waals surface area contributed by atoms with Gasteiger partial charge in [-0.2, -0.15) is 0 Å². The molecule has 19 heavy (non-hydrogen) atoms. The van der Waals surface area contributed by atoms with Gasteiger partial charge in [0.2, 0.25) is 0 Å². The maximum atomic E-state index is 11.5. The average molecular weight is 265 g/mol. The van der Waals surface area contributed by atoms with Crippen LogP contribution >= 0.6 is 0 Å². The first-order valence-electron chi connectivity index (χ1n) is 6.84. The third-order valence-corrected chi connectivity index (χ3v) is 3.93. The predicted molar refractivity (Wildman–Crippen MR) is 74.7 cm³/mol. The fraction of sp³-hybridized carbons (Fsp3) is 0.643. The Labute approximate surface area is 114 Å². The molecule has 0 amide bonds. The van der Waals surface area contributed by atoms with Gasteiger partial charge >= 0.3 is 5.97 Å². The molecule has 2 rings (SSSR count). The maximum absolute atomic E-state index is 11.5. The van der Waals surface area contributed by atoms with E-state index in [1.807, 2.05) is 19.3 Å². The van der Waals surface area contributed by atoms with Gasteiger partial charge in [-0.25, -0.2) is 4.79 Å². The number of carbonyl (C=O) groups is 1. The van der Waals surface area contributed by atoms with Crippen molar-refractivity contribution in [2.75, 3.05) is 20.1 Å². The van der Waals surface area contributed by atoms with Crippen molar-refractivity contribution in [1.82, 2.24) is 15.1 Å². The van der Waals surface area contributed by atoms with Gasteiger partial charge in [-0.05, 0) is 46.0 Å². The van der Waals surface area contributed by atoms with Crippen LogP contribution in [0.4, 0.5) is 0 Å². The smallest absolute Gasteiger partial charge is 0.335 e. The van der Waals surface area contributed by atoms with Crippen molar-refractivity contribution in [3.8, 4) is 0 Å². The molecule has 106 valence electrons. The summed E-state index contributed by atoms with van der Waals surface area (Å²) in [7, 11) is 2.02. The summed E-state index contributed by atoms with van der Waals surface area (Å²) in [5, 5.41) is 12.8. The molecule has 1 fully saturated rings. The van der Waals surface area contributed by atoms with Crippen molar-refractivity contribution in [3.63, 3.8) is 0 Å². The number of aliphatic carboxylic acids is 1. The highest BCUT2D eigenvalue weighted by molar-refractivity contribution is 5.88. The van der Waals surface area contributed by atoms with Crippen molar-refractivity contribution in [3.05, 3.63) is 23.9 Å². The number of carboxylic acids is 1. The summed E-state index contributed by atoms with van der Waals surface area (Å²) in [4.78, 5) is 15.8. The standard InChI is InChI=1S/C14H23N3O2/c1-10(2)17-8-4-5-12(14(18)19)13(17)16(3)11-6-7-15-9-11/h4-5,8,10-11,13,15H,6-7,9H2,1-3H3,(H,18,19)/t11-,13?/m1/s1. The molecule has 2 heterocycles. The fourth-order valence-corrected chi connectivity index (χ4v) is 2.83. The molecule has 0 spiro atoms. The highest BCUT2D eigenvalue weighted by atomic mass is 16.4. The number of allylic oxidation sites excluding steroid dienone is 2. The van der Waals surface area contributed by atoms with E-state index in [0.717, 1.165) is 19.5 Å². The highest BCUT2D eigenvalue weighted by Gasteiger charge is 2.35. The van der Waals surface area contributed by atoms with Crippen molar-refractivity contribution < 1.29 is 9.90 Å².